The van der Waals surface area contributed by atoms with Crippen LogP contribution in [0.3, 0.4) is 0 Å². The molecular weight excluding hydrogens is 264 g/mol. The molecule has 122 valence electrons. The van der Waals surface area contributed by atoms with Crippen molar-refractivity contribution in [1.82, 2.24) is 0 Å². The summed E-state index contributed by atoms with van der Waals surface area (Å²) in [7, 11) is 0. The Morgan fingerprint density at radius 1 is 0.850 bits per heavy atom. The first-order valence-electron chi connectivity index (χ1n) is 7.46. The molecule has 0 heterocycles. The highest BCUT2D eigenvalue weighted by Crippen LogP contribution is 2.16. The lowest BCUT2D eigenvalue weighted by Crippen LogP contribution is -2.46. The molecule has 5 N–H and O–H groups in total. The molecule has 0 saturated carbocycles. The zero-order valence-corrected chi connectivity index (χ0v) is 12.5. The van der Waals surface area contributed by atoms with E-state index in [0.29, 0.717) is 0 Å². The zero-order valence-electron chi connectivity index (χ0n) is 12.5. The highest BCUT2D eigenvalue weighted by atomic mass is 16.6. The standard InChI is InChI=1S/C14H30O6/c1-3-5-7-10(6-4-2)20-14(19)13(18)12(17)11(16)8-9-15/h10-19H,3-9H2,1-2H3. The van der Waals surface area contributed by atoms with E-state index in [0.717, 1.165) is 32.1 Å². The Labute approximate surface area is 121 Å². The average Bonchev–Trinajstić information content (AvgIpc) is 2.43. The van der Waals surface area contributed by atoms with Crippen LogP contribution in [0.2, 0.25) is 0 Å². The van der Waals surface area contributed by atoms with Gasteiger partial charge in [0.15, 0.2) is 6.29 Å². The molecule has 0 aromatic carbocycles. The maximum absolute atomic E-state index is 9.80. The van der Waals surface area contributed by atoms with Gasteiger partial charge in [-0.05, 0) is 19.3 Å². The van der Waals surface area contributed by atoms with Crippen LogP contribution in [0.1, 0.15) is 52.4 Å². The minimum Gasteiger partial charge on any atom is -0.396 e. The molecule has 0 bridgehead atoms. The highest BCUT2D eigenvalue weighted by molar-refractivity contribution is 4.77. The summed E-state index contributed by atoms with van der Waals surface area (Å²) in [6.07, 6.45) is -1.83. The van der Waals surface area contributed by atoms with Crippen molar-refractivity contribution in [3.8, 4) is 0 Å². The molecule has 6 heteroatoms. The second-order valence-electron chi connectivity index (χ2n) is 5.14. The van der Waals surface area contributed by atoms with E-state index in [9.17, 15) is 20.4 Å². The maximum atomic E-state index is 9.80. The predicted molar refractivity (Wildman–Crippen MR) is 75.0 cm³/mol. The summed E-state index contributed by atoms with van der Waals surface area (Å²) in [4.78, 5) is 0. The van der Waals surface area contributed by atoms with E-state index in [4.69, 9.17) is 9.84 Å². The lowest BCUT2D eigenvalue weighted by Gasteiger charge is -2.29. The average molecular weight is 294 g/mol. The summed E-state index contributed by atoms with van der Waals surface area (Å²) in [6.45, 7) is 3.76. The third kappa shape index (κ3) is 7.52. The third-order valence-corrected chi connectivity index (χ3v) is 3.28. The Bertz CT molecular complexity index is 226. The number of aliphatic hydroxyl groups excluding tert-OH is 5. The van der Waals surface area contributed by atoms with Crippen LogP contribution >= 0.6 is 0 Å². The summed E-state index contributed by atoms with van der Waals surface area (Å²) in [5.41, 5.74) is 0. The van der Waals surface area contributed by atoms with Gasteiger partial charge in [-0.25, -0.2) is 0 Å². The van der Waals surface area contributed by atoms with Gasteiger partial charge in [0.25, 0.3) is 0 Å². The predicted octanol–water partition coefficient (Wildman–Crippen LogP) is 0.145. The SMILES string of the molecule is CCCCC(CCC)OC(O)C(O)C(O)C(O)CCO. The van der Waals surface area contributed by atoms with Crippen LogP contribution in [0.5, 0.6) is 0 Å². The molecule has 0 amide bonds. The molecule has 0 saturated heterocycles. The first kappa shape index (κ1) is 19.8. The molecule has 0 aromatic heterocycles. The number of hydrogen-bond acceptors (Lipinski definition) is 6. The summed E-state index contributed by atoms with van der Waals surface area (Å²) in [5, 5.41) is 47.4. The van der Waals surface area contributed by atoms with Gasteiger partial charge < -0.3 is 30.3 Å². The van der Waals surface area contributed by atoms with E-state index in [1.807, 2.05) is 6.92 Å². The van der Waals surface area contributed by atoms with Crippen LogP contribution in [0, 0.1) is 0 Å². The van der Waals surface area contributed by atoms with Crippen LogP contribution in [0.15, 0.2) is 0 Å². The summed E-state index contributed by atoms with van der Waals surface area (Å²) < 4.78 is 5.38. The van der Waals surface area contributed by atoms with Crippen LogP contribution in [-0.4, -0.2) is 62.8 Å². The van der Waals surface area contributed by atoms with E-state index in [1.165, 1.54) is 0 Å². The molecule has 0 fully saturated rings. The van der Waals surface area contributed by atoms with Crippen LogP contribution in [0.25, 0.3) is 0 Å². The number of aliphatic hydroxyl groups is 5. The molecule has 20 heavy (non-hydrogen) atoms. The van der Waals surface area contributed by atoms with Gasteiger partial charge in [-0.15, -0.1) is 0 Å². The Hall–Kier alpha value is -0.240. The fourth-order valence-electron chi connectivity index (χ4n) is 2.01. The van der Waals surface area contributed by atoms with Crippen LogP contribution in [-0.2, 0) is 4.74 Å². The summed E-state index contributed by atoms with van der Waals surface area (Å²) >= 11 is 0. The van der Waals surface area contributed by atoms with Gasteiger partial charge in [0.05, 0.1) is 12.2 Å². The molecule has 0 aliphatic carbocycles. The van der Waals surface area contributed by atoms with Crippen molar-refractivity contribution < 1.29 is 30.3 Å². The normalized spacial score (nSPS) is 19.4. The van der Waals surface area contributed by atoms with Gasteiger partial charge >= 0.3 is 0 Å². The zero-order chi connectivity index (χ0) is 15.5. The van der Waals surface area contributed by atoms with Crippen molar-refractivity contribution in [3.63, 3.8) is 0 Å². The molecule has 0 rings (SSSR count). The largest absolute Gasteiger partial charge is 0.396 e. The van der Waals surface area contributed by atoms with Crippen LogP contribution < -0.4 is 0 Å². The molecule has 0 aliphatic rings. The number of unbranched alkanes of at least 4 members (excludes halogenated alkanes) is 1. The van der Waals surface area contributed by atoms with E-state index < -0.39 is 24.6 Å². The fourth-order valence-corrected chi connectivity index (χ4v) is 2.01. The van der Waals surface area contributed by atoms with Gasteiger partial charge in [-0.2, -0.15) is 0 Å². The maximum Gasteiger partial charge on any atom is 0.183 e. The molecule has 5 unspecified atom stereocenters. The lowest BCUT2D eigenvalue weighted by molar-refractivity contribution is -0.222. The van der Waals surface area contributed by atoms with Crippen molar-refractivity contribution >= 4 is 0 Å². The monoisotopic (exact) mass is 294 g/mol. The molecule has 6 nitrogen and oxygen atoms in total. The number of hydrogen-bond donors (Lipinski definition) is 5. The number of rotatable bonds is 12. The van der Waals surface area contributed by atoms with Crippen molar-refractivity contribution in [2.75, 3.05) is 6.61 Å². The quantitative estimate of drug-likeness (QED) is 0.328. The van der Waals surface area contributed by atoms with Crippen molar-refractivity contribution in [2.45, 2.75) is 83.1 Å². The lowest BCUT2D eigenvalue weighted by atomic mass is 10.0. The Balaban J connectivity index is 4.34. The Morgan fingerprint density at radius 2 is 1.50 bits per heavy atom. The second-order valence-corrected chi connectivity index (χ2v) is 5.14. The molecule has 0 aromatic rings. The van der Waals surface area contributed by atoms with Gasteiger partial charge in [-0.1, -0.05) is 33.1 Å². The van der Waals surface area contributed by atoms with Gasteiger partial charge in [-0.3, -0.25) is 0 Å². The number of ether oxygens (including phenoxy) is 1. The molecule has 5 atom stereocenters. The first-order chi connectivity index (χ1) is 9.47. The Kier molecular flexibility index (Phi) is 11.3. The van der Waals surface area contributed by atoms with Gasteiger partial charge in [0.1, 0.15) is 12.2 Å². The van der Waals surface area contributed by atoms with Gasteiger partial charge in [0, 0.05) is 6.61 Å². The minimum atomic E-state index is -1.60. The van der Waals surface area contributed by atoms with E-state index in [1.54, 1.807) is 0 Å². The first-order valence-corrected chi connectivity index (χ1v) is 7.46. The van der Waals surface area contributed by atoms with E-state index >= 15 is 0 Å². The molecule has 0 aliphatic heterocycles. The Morgan fingerprint density at radius 3 is 2.00 bits per heavy atom. The van der Waals surface area contributed by atoms with E-state index in [-0.39, 0.29) is 19.1 Å². The minimum absolute atomic E-state index is 0.0703. The fraction of sp³-hybridized carbons (Fsp3) is 1.00. The van der Waals surface area contributed by atoms with Crippen molar-refractivity contribution in [1.29, 1.82) is 0 Å². The van der Waals surface area contributed by atoms with Crippen molar-refractivity contribution in [3.05, 3.63) is 0 Å². The van der Waals surface area contributed by atoms with Crippen molar-refractivity contribution in [2.24, 2.45) is 0 Å². The second kappa shape index (κ2) is 11.4. The summed E-state index contributed by atoms with van der Waals surface area (Å²) in [6, 6.07) is 0. The topological polar surface area (TPSA) is 110 Å². The van der Waals surface area contributed by atoms with Crippen LogP contribution in [0.4, 0.5) is 0 Å². The smallest absolute Gasteiger partial charge is 0.183 e. The third-order valence-electron chi connectivity index (χ3n) is 3.28. The molecular formula is C14H30O6. The molecule has 0 spiro atoms. The van der Waals surface area contributed by atoms with E-state index in [2.05, 4.69) is 6.92 Å². The highest BCUT2D eigenvalue weighted by Gasteiger charge is 2.31. The molecule has 0 radical (unpaired) electrons. The summed E-state index contributed by atoms with van der Waals surface area (Å²) in [5.74, 6) is 0. The van der Waals surface area contributed by atoms with Gasteiger partial charge in [0.2, 0.25) is 0 Å².